The summed E-state index contributed by atoms with van der Waals surface area (Å²) in [7, 11) is 0. The monoisotopic (exact) mass is 268 g/mol. The Hall–Kier alpha value is -1.86. The van der Waals surface area contributed by atoms with Crippen molar-refractivity contribution in [1.29, 1.82) is 0 Å². The fourth-order valence-electron chi connectivity index (χ4n) is 1.61. The van der Waals surface area contributed by atoms with Gasteiger partial charge < -0.3 is 15.5 Å². The second kappa shape index (κ2) is 8.28. The molecule has 7 heteroatoms. The van der Waals surface area contributed by atoms with Gasteiger partial charge in [-0.15, -0.1) is 0 Å². The highest BCUT2D eigenvalue weighted by molar-refractivity contribution is 5.75. The summed E-state index contributed by atoms with van der Waals surface area (Å²) in [5, 5.41) is 14.0. The van der Waals surface area contributed by atoms with E-state index in [1.165, 1.54) is 0 Å². The first kappa shape index (κ1) is 15.2. The number of hydrogen-bond acceptors (Lipinski definition) is 6. The van der Waals surface area contributed by atoms with Crippen LogP contribution in [-0.4, -0.2) is 24.7 Å². The maximum absolute atomic E-state index is 11.0. The van der Waals surface area contributed by atoms with E-state index < -0.39 is 4.92 Å². The number of nitrogens with one attached hydrogen (secondary N) is 2. The summed E-state index contributed by atoms with van der Waals surface area (Å²) in [5.41, 5.74) is 2.98. The Morgan fingerprint density at radius 3 is 2.74 bits per heavy atom. The summed E-state index contributed by atoms with van der Waals surface area (Å²) in [5.74, 6) is 5.26. The number of hydrazine groups is 1. The molecule has 1 rings (SSSR count). The minimum Gasteiger partial charge on any atom is -0.380 e. The number of nitrogens with zero attached hydrogens (tertiary/aromatic N) is 1. The van der Waals surface area contributed by atoms with Crippen molar-refractivity contribution in [3.05, 3.63) is 28.3 Å². The van der Waals surface area contributed by atoms with Crippen LogP contribution in [-0.2, 0) is 4.74 Å². The molecule has 0 amide bonds. The molecule has 0 spiro atoms. The average Bonchev–Trinajstić information content (AvgIpc) is 2.42. The first-order chi connectivity index (χ1) is 9.20. The molecule has 0 saturated heterocycles. The van der Waals surface area contributed by atoms with Crippen molar-refractivity contribution < 1.29 is 9.66 Å². The van der Waals surface area contributed by atoms with Crippen LogP contribution >= 0.6 is 0 Å². The maximum atomic E-state index is 11.0. The molecular weight excluding hydrogens is 248 g/mol. The Balaban J connectivity index is 2.55. The standard InChI is InChI=1S/C12H20N4O3/c1-2-3-8-19-9-7-14-10-5-4-6-11(15-13)12(10)16(17)18/h4-6,14-15H,2-3,7-9,13H2,1H3. The van der Waals surface area contributed by atoms with Crippen LogP contribution in [0.25, 0.3) is 0 Å². The number of rotatable bonds is 9. The lowest BCUT2D eigenvalue weighted by Crippen LogP contribution is -2.13. The van der Waals surface area contributed by atoms with Crippen LogP contribution in [0, 0.1) is 10.1 Å². The van der Waals surface area contributed by atoms with E-state index in [4.69, 9.17) is 10.6 Å². The molecule has 0 saturated carbocycles. The van der Waals surface area contributed by atoms with Crippen molar-refractivity contribution in [2.45, 2.75) is 19.8 Å². The molecule has 0 aliphatic heterocycles. The number of nitro benzene ring substituents is 1. The number of nitro groups is 1. The van der Waals surface area contributed by atoms with E-state index in [0.29, 0.717) is 25.4 Å². The van der Waals surface area contributed by atoms with Gasteiger partial charge in [0.1, 0.15) is 11.4 Å². The number of unbranched alkanes of at least 4 members (excludes halogenated alkanes) is 1. The van der Waals surface area contributed by atoms with E-state index >= 15 is 0 Å². The van der Waals surface area contributed by atoms with Crippen molar-refractivity contribution in [2.75, 3.05) is 30.5 Å². The fourth-order valence-corrected chi connectivity index (χ4v) is 1.61. The molecule has 1 aromatic rings. The number of hydrogen-bond donors (Lipinski definition) is 3. The van der Waals surface area contributed by atoms with Crippen LogP contribution in [0.3, 0.4) is 0 Å². The summed E-state index contributed by atoms with van der Waals surface area (Å²) >= 11 is 0. The van der Waals surface area contributed by atoms with Crippen LogP contribution in [0.4, 0.5) is 17.1 Å². The number of ether oxygens (including phenoxy) is 1. The van der Waals surface area contributed by atoms with Gasteiger partial charge in [0.05, 0.1) is 11.5 Å². The zero-order valence-corrected chi connectivity index (χ0v) is 11.0. The number of nitrogens with two attached hydrogens (primary N) is 1. The molecule has 106 valence electrons. The van der Waals surface area contributed by atoms with Crippen molar-refractivity contribution in [3.8, 4) is 0 Å². The third kappa shape index (κ3) is 4.72. The highest BCUT2D eigenvalue weighted by Gasteiger charge is 2.18. The number of benzene rings is 1. The Bertz CT molecular complexity index is 412. The zero-order chi connectivity index (χ0) is 14.1. The Morgan fingerprint density at radius 2 is 2.11 bits per heavy atom. The van der Waals surface area contributed by atoms with Crippen molar-refractivity contribution in [2.24, 2.45) is 5.84 Å². The topological polar surface area (TPSA) is 102 Å². The van der Waals surface area contributed by atoms with Crippen molar-refractivity contribution in [3.63, 3.8) is 0 Å². The van der Waals surface area contributed by atoms with Gasteiger partial charge in [-0.3, -0.25) is 16.0 Å². The maximum Gasteiger partial charge on any atom is 0.316 e. The lowest BCUT2D eigenvalue weighted by atomic mass is 10.2. The molecule has 1 aromatic carbocycles. The van der Waals surface area contributed by atoms with Gasteiger partial charge >= 0.3 is 5.69 Å². The van der Waals surface area contributed by atoms with Gasteiger partial charge in [0, 0.05) is 13.2 Å². The average molecular weight is 268 g/mol. The normalized spacial score (nSPS) is 10.2. The summed E-state index contributed by atoms with van der Waals surface area (Å²) in [6.45, 7) is 3.83. The summed E-state index contributed by atoms with van der Waals surface area (Å²) in [4.78, 5) is 10.6. The third-order valence-corrected chi connectivity index (χ3v) is 2.58. The molecule has 0 radical (unpaired) electrons. The molecule has 0 aliphatic carbocycles. The first-order valence-electron chi connectivity index (χ1n) is 6.26. The van der Waals surface area contributed by atoms with Crippen LogP contribution in [0.15, 0.2) is 18.2 Å². The van der Waals surface area contributed by atoms with Gasteiger partial charge in [0.15, 0.2) is 0 Å². The number of nitrogen functional groups attached to an aromatic ring is 1. The zero-order valence-electron chi connectivity index (χ0n) is 11.0. The molecular formula is C12H20N4O3. The van der Waals surface area contributed by atoms with Crippen LogP contribution in [0.1, 0.15) is 19.8 Å². The third-order valence-electron chi connectivity index (χ3n) is 2.58. The van der Waals surface area contributed by atoms with Gasteiger partial charge in [0.2, 0.25) is 0 Å². The summed E-state index contributed by atoms with van der Waals surface area (Å²) in [6.07, 6.45) is 2.11. The van der Waals surface area contributed by atoms with E-state index in [2.05, 4.69) is 17.7 Å². The highest BCUT2D eigenvalue weighted by atomic mass is 16.6. The quantitative estimate of drug-likeness (QED) is 0.274. The molecule has 0 fully saturated rings. The van der Waals surface area contributed by atoms with Crippen LogP contribution in [0.2, 0.25) is 0 Å². The van der Waals surface area contributed by atoms with E-state index in [0.717, 1.165) is 12.8 Å². The minimum absolute atomic E-state index is 0.0569. The Labute approximate surface area is 112 Å². The molecule has 0 aliphatic rings. The van der Waals surface area contributed by atoms with Gasteiger partial charge in [-0.1, -0.05) is 19.4 Å². The van der Waals surface area contributed by atoms with E-state index in [1.807, 2.05) is 0 Å². The summed E-state index contributed by atoms with van der Waals surface area (Å²) in [6, 6.07) is 4.90. The lowest BCUT2D eigenvalue weighted by molar-refractivity contribution is -0.383. The van der Waals surface area contributed by atoms with Crippen molar-refractivity contribution >= 4 is 17.1 Å². The van der Waals surface area contributed by atoms with Gasteiger partial charge in [0.25, 0.3) is 0 Å². The first-order valence-corrected chi connectivity index (χ1v) is 6.26. The molecule has 7 nitrogen and oxygen atoms in total. The molecule has 0 atom stereocenters. The second-order valence-corrected chi connectivity index (χ2v) is 4.00. The van der Waals surface area contributed by atoms with Crippen LogP contribution in [0.5, 0.6) is 0 Å². The van der Waals surface area contributed by atoms with E-state index in [9.17, 15) is 10.1 Å². The van der Waals surface area contributed by atoms with Crippen LogP contribution < -0.4 is 16.6 Å². The van der Waals surface area contributed by atoms with Gasteiger partial charge in [-0.05, 0) is 18.6 Å². The second-order valence-electron chi connectivity index (χ2n) is 4.00. The van der Waals surface area contributed by atoms with Crippen molar-refractivity contribution in [1.82, 2.24) is 0 Å². The van der Waals surface area contributed by atoms with Gasteiger partial charge in [-0.25, -0.2) is 0 Å². The molecule has 0 bridgehead atoms. The number of para-hydroxylation sites is 1. The highest BCUT2D eigenvalue weighted by Crippen LogP contribution is 2.31. The summed E-state index contributed by atoms with van der Waals surface area (Å²) < 4.78 is 5.38. The molecule has 19 heavy (non-hydrogen) atoms. The molecule has 4 N–H and O–H groups in total. The largest absolute Gasteiger partial charge is 0.380 e. The fraction of sp³-hybridized carbons (Fsp3) is 0.500. The lowest BCUT2D eigenvalue weighted by Gasteiger charge is -2.10. The SMILES string of the molecule is CCCCOCCNc1cccc(NN)c1[N+](=O)[O-]. The number of anilines is 2. The van der Waals surface area contributed by atoms with E-state index in [1.54, 1.807) is 18.2 Å². The van der Waals surface area contributed by atoms with Gasteiger partial charge in [-0.2, -0.15) is 0 Å². The Kier molecular flexibility index (Phi) is 6.62. The molecule has 0 unspecified atom stereocenters. The Morgan fingerprint density at radius 1 is 1.37 bits per heavy atom. The minimum atomic E-state index is -0.463. The molecule has 0 heterocycles. The predicted octanol–water partition coefficient (Wildman–Crippen LogP) is 2.11. The van der Waals surface area contributed by atoms with E-state index in [-0.39, 0.29) is 11.4 Å². The smallest absolute Gasteiger partial charge is 0.316 e. The predicted molar refractivity (Wildman–Crippen MR) is 75.1 cm³/mol. The molecule has 0 aromatic heterocycles.